The number of amides is 1. The minimum atomic E-state index is -3.04. The Kier molecular flexibility index (Phi) is 5.16. The molecule has 0 aromatic rings. The first-order valence-corrected chi connectivity index (χ1v) is 8.56. The maximum absolute atomic E-state index is 12.2. The molecule has 6 heteroatoms. The van der Waals surface area contributed by atoms with Crippen LogP contribution in [0.3, 0.4) is 0 Å². The van der Waals surface area contributed by atoms with Crippen LogP contribution in [0.25, 0.3) is 0 Å². The van der Waals surface area contributed by atoms with Gasteiger partial charge in [-0.2, -0.15) is 0 Å². The Labute approximate surface area is 110 Å². The summed E-state index contributed by atoms with van der Waals surface area (Å²) < 4.78 is 22.4. The van der Waals surface area contributed by atoms with Crippen LogP contribution in [-0.2, 0) is 14.6 Å². The van der Waals surface area contributed by atoms with Gasteiger partial charge in [0.05, 0.1) is 18.0 Å². The summed E-state index contributed by atoms with van der Waals surface area (Å²) in [5, 5.41) is 3.31. The first-order valence-electron chi connectivity index (χ1n) is 6.50. The summed E-state index contributed by atoms with van der Waals surface area (Å²) in [6.45, 7) is 6.39. The minimum absolute atomic E-state index is 0.0302. The van der Waals surface area contributed by atoms with Gasteiger partial charge < -0.3 is 4.90 Å². The lowest BCUT2D eigenvalue weighted by molar-refractivity contribution is -0.130. The largest absolute Gasteiger partial charge is 0.325 e. The van der Waals surface area contributed by atoms with Crippen molar-refractivity contribution in [1.29, 1.82) is 0 Å². The molecule has 1 aliphatic heterocycles. The summed E-state index contributed by atoms with van der Waals surface area (Å²) in [7, 11) is -3.04. The molecule has 2 unspecified atom stereocenters. The fraction of sp³-hybridized carbons (Fsp3) is 0.917. The van der Waals surface area contributed by atoms with Crippen LogP contribution in [0.4, 0.5) is 0 Å². The lowest BCUT2D eigenvalue weighted by atomic mass is 10.1. The number of rotatable bonds is 6. The Morgan fingerprint density at radius 1 is 1.39 bits per heavy atom. The van der Waals surface area contributed by atoms with E-state index >= 15 is 0 Å². The van der Waals surface area contributed by atoms with Crippen LogP contribution in [0.5, 0.6) is 0 Å². The zero-order chi connectivity index (χ0) is 13.9. The van der Waals surface area contributed by atoms with E-state index in [1.165, 1.54) is 6.26 Å². The van der Waals surface area contributed by atoms with Crippen molar-refractivity contribution in [1.82, 2.24) is 10.2 Å². The standard InChI is InChI=1S/C12H24N2O3S/c1-5-6-10-12(15)14(7-8-18(4,16)17)11(13-10)9(2)3/h9-11,13H,5-8H2,1-4H3. The number of carbonyl (C=O) groups is 1. The highest BCUT2D eigenvalue weighted by atomic mass is 32.2. The lowest BCUT2D eigenvalue weighted by Gasteiger charge is -2.26. The molecule has 0 aromatic carbocycles. The maximum atomic E-state index is 12.2. The number of hydrogen-bond acceptors (Lipinski definition) is 4. The summed E-state index contributed by atoms with van der Waals surface area (Å²) in [4.78, 5) is 13.9. The van der Waals surface area contributed by atoms with E-state index in [2.05, 4.69) is 5.32 Å². The van der Waals surface area contributed by atoms with Gasteiger partial charge in [0.25, 0.3) is 0 Å². The lowest BCUT2D eigenvalue weighted by Crippen LogP contribution is -2.43. The summed E-state index contributed by atoms with van der Waals surface area (Å²) in [5.41, 5.74) is 0. The molecular weight excluding hydrogens is 252 g/mol. The second kappa shape index (κ2) is 6.02. The molecule has 106 valence electrons. The van der Waals surface area contributed by atoms with E-state index < -0.39 is 9.84 Å². The van der Waals surface area contributed by atoms with Crippen molar-refractivity contribution >= 4 is 15.7 Å². The number of nitrogens with one attached hydrogen (secondary N) is 1. The molecule has 0 aromatic heterocycles. The van der Waals surface area contributed by atoms with Crippen LogP contribution in [0.15, 0.2) is 0 Å². The molecule has 1 heterocycles. The zero-order valence-corrected chi connectivity index (χ0v) is 12.5. The zero-order valence-electron chi connectivity index (χ0n) is 11.6. The number of nitrogens with zero attached hydrogens (tertiary/aromatic N) is 1. The van der Waals surface area contributed by atoms with Crippen LogP contribution >= 0.6 is 0 Å². The summed E-state index contributed by atoms with van der Waals surface area (Å²) in [6, 6.07) is -0.151. The Hall–Kier alpha value is -0.620. The van der Waals surface area contributed by atoms with E-state index in [1.54, 1.807) is 4.90 Å². The van der Waals surface area contributed by atoms with E-state index in [0.717, 1.165) is 12.8 Å². The fourth-order valence-electron chi connectivity index (χ4n) is 2.27. The van der Waals surface area contributed by atoms with E-state index in [4.69, 9.17) is 0 Å². The predicted octanol–water partition coefficient (Wildman–Crippen LogP) is 0.614. The third kappa shape index (κ3) is 3.95. The highest BCUT2D eigenvalue weighted by molar-refractivity contribution is 7.90. The minimum Gasteiger partial charge on any atom is -0.325 e. The summed E-state index contributed by atoms with van der Waals surface area (Å²) in [6.07, 6.45) is 2.90. The van der Waals surface area contributed by atoms with Crippen molar-refractivity contribution in [3.05, 3.63) is 0 Å². The smallest absolute Gasteiger partial charge is 0.241 e. The van der Waals surface area contributed by atoms with Crippen molar-refractivity contribution in [2.45, 2.75) is 45.8 Å². The van der Waals surface area contributed by atoms with Crippen molar-refractivity contribution in [2.75, 3.05) is 18.6 Å². The topological polar surface area (TPSA) is 66.5 Å². The molecule has 0 spiro atoms. The van der Waals surface area contributed by atoms with Gasteiger partial charge in [-0.1, -0.05) is 27.2 Å². The Morgan fingerprint density at radius 2 is 2.00 bits per heavy atom. The molecule has 0 bridgehead atoms. The van der Waals surface area contributed by atoms with E-state index in [-0.39, 0.29) is 36.3 Å². The van der Waals surface area contributed by atoms with Crippen molar-refractivity contribution in [3.63, 3.8) is 0 Å². The Balaban J connectivity index is 2.75. The third-order valence-corrected chi connectivity index (χ3v) is 4.12. The van der Waals surface area contributed by atoms with Crippen molar-refractivity contribution < 1.29 is 13.2 Å². The van der Waals surface area contributed by atoms with Gasteiger partial charge >= 0.3 is 0 Å². The molecule has 0 saturated carbocycles. The normalized spacial score (nSPS) is 25.2. The molecule has 1 amide bonds. The predicted molar refractivity (Wildman–Crippen MR) is 71.9 cm³/mol. The van der Waals surface area contributed by atoms with E-state index in [9.17, 15) is 13.2 Å². The number of hydrogen-bond donors (Lipinski definition) is 1. The Bertz CT molecular complexity index is 392. The first-order chi connectivity index (χ1) is 8.26. The van der Waals surface area contributed by atoms with Crippen LogP contribution < -0.4 is 5.32 Å². The van der Waals surface area contributed by atoms with Crippen LogP contribution in [0.2, 0.25) is 0 Å². The van der Waals surface area contributed by atoms with Gasteiger partial charge in [-0.3, -0.25) is 10.1 Å². The van der Waals surface area contributed by atoms with Gasteiger partial charge in [-0.05, 0) is 12.3 Å². The number of carbonyl (C=O) groups excluding carboxylic acids is 1. The second-order valence-electron chi connectivity index (χ2n) is 5.36. The maximum Gasteiger partial charge on any atom is 0.241 e. The second-order valence-corrected chi connectivity index (χ2v) is 7.62. The molecule has 1 saturated heterocycles. The van der Waals surface area contributed by atoms with Gasteiger partial charge in [0, 0.05) is 12.8 Å². The molecule has 0 aliphatic carbocycles. The molecule has 1 rings (SSSR count). The molecule has 0 radical (unpaired) electrons. The van der Waals surface area contributed by atoms with E-state index in [0.29, 0.717) is 0 Å². The van der Waals surface area contributed by atoms with Crippen molar-refractivity contribution in [3.8, 4) is 0 Å². The quantitative estimate of drug-likeness (QED) is 0.772. The summed E-state index contributed by atoms with van der Waals surface area (Å²) in [5.74, 6) is 0.345. The molecule has 1 aliphatic rings. The monoisotopic (exact) mass is 276 g/mol. The van der Waals surface area contributed by atoms with E-state index in [1.807, 2.05) is 20.8 Å². The van der Waals surface area contributed by atoms with Crippen LogP contribution in [-0.4, -0.2) is 50.0 Å². The molecule has 2 atom stereocenters. The molecule has 1 fully saturated rings. The highest BCUT2D eigenvalue weighted by Crippen LogP contribution is 2.19. The van der Waals surface area contributed by atoms with Gasteiger partial charge in [-0.15, -0.1) is 0 Å². The van der Waals surface area contributed by atoms with Crippen LogP contribution in [0, 0.1) is 5.92 Å². The van der Waals surface area contributed by atoms with Gasteiger partial charge in [-0.25, -0.2) is 8.42 Å². The summed E-state index contributed by atoms with van der Waals surface area (Å²) >= 11 is 0. The first kappa shape index (κ1) is 15.4. The van der Waals surface area contributed by atoms with Crippen LogP contribution in [0.1, 0.15) is 33.6 Å². The molecule has 1 N–H and O–H groups in total. The number of sulfone groups is 1. The average Bonchev–Trinajstić information content (AvgIpc) is 2.53. The highest BCUT2D eigenvalue weighted by Gasteiger charge is 2.39. The fourth-order valence-corrected chi connectivity index (χ4v) is 2.79. The van der Waals surface area contributed by atoms with Crippen molar-refractivity contribution in [2.24, 2.45) is 5.92 Å². The van der Waals surface area contributed by atoms with Gasteiger partial charge in [0.1, 0.15) is 9.84 Å². The SMILES string of the molecule is CCCC1NC(C(C)C)N(CCS(C)(=O)=O)C1=O. The molecule has 18 heavy (non-hydrogen) atoms. The molecular formula is C12H24N2O3S. The van der Waals surface area contributed by atoms with Gasteiger partial charge in [0.15, 0.2) is 0 Å². The van der Waals surface area contributed by atoms with Gasteiger partial charge in [0.2, 0.25) is 5.91 Å². The Morgan fingerprint density at radius 3 is 2.44 bits per heavy atom. The molecule has 5 nitrogen and oxygen atoms in total. The average molecular weight is 276 g/mol. The third-order valence-electron chi connectivity index (χ3n) is 3.20.